The van der Waals surface area contributed by atoms with Crippen molar-refractivity contribution in [2.24, 2.45) is 5.41 Å². The molecule has 0 saturated heterocycles. The zero-order valence-corrected chi connectivity index (χ0v) is 15.7. The average molecular weight is 340 g/mol. The molecule has 5 heteroatoms. The van der Waals surface area contributed by atoms with Crippen LogP contribution in [-0.4, -0.2) is 20.1 Å². The molecule has 0 atom stereocenters. The number of rotatable bonds is 3. The van der Waals surface area contributed by atoms with Gasteiger partial charge in [-0.05, 0) is 47.1 Å². The normalized spacial score (nSPS) is 12.2. The summed E-state index contributed by atoms with van der Waals surface area (Å²) >= 11 is 0. The first kappa shape index (κ1) is 18.9. The first-order valence-electron chi connectivity index (χ1n) is 8.32. The molecule has 0 spiro atoms. The maximum Gasteiger partial charge on any atom is 0.143 e. The number of aromatic nitrogens is 3. The van der Waals surface area contributed by atoms with Gasteiger partial charge in [-0.2, -0.15) is 0 Å². The molecule has 0 saturated carbocycles. The summed E-state index contributed by atoms with van der Waals surface area (Å²) in [5.41, 5.74) is 3.64. The Bertz CT molecular complexity index is 842. The van der Waals surface area contributed by atoms with Gasteiger partial charge in [-0.15, -0.1) is 15.0 Å². The minimum atomic E-state index is -0.00667. The predicted molar refractivity (Wildman–Crippen MR) is 103 cm³/mol. The first-order valence-corrected chi connectivity index (χ1v) is 8.32. The molecule has 2 aromatic carbocycles. The molecule has 0 radical (unpaired) electrons. The molecular weight excluding hydrogens is 312 g/mol. The summed E-state index contributed by atoms with van der Waals surface area (Å²) in [5.74, 6) is 0.186. The fourth-order valence-corrected chi connectivity index (χ4v) is 3.50. The molecule has 3 aromatic rings. The van der Waals surface area contributed by atoms with Crippen molar-refractivity contribution in [3.05, 3.63) is 48.0 Å². The number of benzene rings is 2. The maximum atomic E-state index is 10.3. The van der Waals surface area contributed by atoms with Crippen LogP contribution < -0.4 is 6.15 Å². The Morgan fingerprint density at radius 1 is 0.920 bits per heavy atom. The third kappa shape index (κ3) is 3.99. The summed E-state index contributed by atoms with van der Waals surface area (Å²) in [7, 11) is 0. The molecule has 0 aliphatic heterocycles. The highest BCUT2D eigenvalue weighted by Crippen LogP contribution is 2.38. The number of phenolic OH excluding ortho intramolecular Hbond substituents is 1. The molecule has 0 bridgehead atoms. The fourth-order valence-electron chi connectivity index (χ4n) is 3.50. The van der Waals surface area contributed by atoms with Crippen LogP contribution in [0, 0.1) is 5.41 Å². The minimum absolute atomic E-state index is 0. The zero-order chi connectivity index (χ0) is 17.5. The van der Waals surface area contributed by atoms with E-state index in [1.54, 1.807) is 6.07 Å². The molecule has 0 fully saturated rings. The molecule has 1 heterocycles. The lowest BCUT2D eigenvalue weighted by molar-refractivity contribution is 0.284. The van der Waals surface area contributed by atoms with Crippen molar-refractivity contribution in [3.8, 4) is 11.4 Å². The molecule has 134 valence electrons. The molecule has 0 amide bonds. The van der Waals surface area contributed by atoms with E-state index < -0.39 is 0 Å². The van der Waals surface area contributed by atoms with E-state index in [1.165, 1.54) is 10.4 Å². The molecule has 25 heavy (non-hydrogen) atoms. The van der Waals surface area contributed by atoms with Gasteiger partial charge in [-0.25, -0.2) is 0 Å². The van der Waals surface area contributed by atoms with E-state index in [4.69, 9.17) is 0 Å². The van der Waals surface area contributed by atoms with Crippen molar-refractivity contribution < 1.29 is 5.11 Å². The van der Waals surface area contributed by atoms with Crippen LogP contribution in [0.5, 0.6) is 5.75 Å². The average Bonchev–Trinajstić information content (AvgIpc) is 2.88. The molecule has 0 aliphatic rings. The molecular formula is C20H28N4O. The van der Waals surface area contributed by atoms with Gasteiger partial charge >= 0.3 is 0 Å². The fraction of sp³-hybridized carbons (Fsp3) is 0.400. The van der Waals surface area contributed by atoms with Crippen LogP contribution in [0.15, 0.2) is 42.5 Å². The van der Waals surface area contributed by atoms with Gasteiger partial charge in [0.05, 0.1) is 0 Å². The Balaban J connectivity index is 0.00000225. The molecule has 0 unspecified atom stereocenters. The number of hydrogen-bond donors (Lipinski definition) is 2. The Labute approximate surface area is 149 Å². The maximum absolute atomic E-state index is 10.3. The van der Waals surface area contributed by atoms with Crippen molar-refractivity contribution in [1.82, 2.24) is 21.1 Å². The Kier molecular flexibility index (Phi) is 4.91. The second-order valence-electron chi connectivity index (χ2n) is 8.30. The zero-order valence-electron chi connectivity index (χ0n) is 15.7. The van der Waals surface area contributed by atoms with E-state index in [2.05, 4.69) is 44.8 Å². The van der Waals surface area contributed by atoms with Gasteiger partial charge in [0.1, 0.15) is 22.5 Å². The summed E-state index contributed by atoms with van der Waals surface area (Å²) in [5, 5.41) is 19.3. The summed E-state index contributed by atoms with van der Waals surface area (Å²) in [4.78, 5) is 1.52. The molecule has 0 aliphatic carbocycles. The number of fused-ring (bicyclic) bond motifs is 1. The largest absolute Gasteiger partial charge is 0.506 e. The van der Waals surface area contributed by atoms with E-state index in [0.29, 0.717) is 5.69 Å². The van der Waals surface area contributed by atoms with Crippen LogP contribution in [0.1, 0.15) is 46.6 Å². The van der Waals surface area contributed by atoms with Crippen LogP contribution in [0.4, 0.5) is 0 Å². The van der Waals surface area contributed by atoms with Gasteiger partial charge in [0, 0.05) is 0 Å². The molecule has 1 aromatic heterocycles. The van der Waals surface area contributed by atoms with E-state index in [1.807, 2.05) is 36.4 Å². The van der Waals surface area contributed by atoms with Crippen LogP contribution in [0.2, 0.25) is 0 Å². The van der Waals surface area contributed by atoms with E-state index in [-0.39, 0.29) is 22.7 Å². The van der Waals surface area contributed by atoms with Crippen molar-refractivity contribution in [2.75, 3.05) is 0 Å². The second kappa shape index (κ2) is 6.48. The van der Waals surface area contributed by atoms with Crippen LogP contribution in [0.25, 0.3) is 16.7 Å². The Morgan fingerprint density at radius 3 is 2.00 bits per heavy atom. The lowest BCUT2D eigenvalue weighted by Crippen LogP contribution is -2.25. The molecule has 5 nitrogen and oxygen atoms in total. The quantitative estimate of drug-likeness (QED) is 0.702. The molecule has 3 rings (SSSR count). The number of aromatic hydroxyl groups is 1. The van der Waals surface area contributed by atoms with Crippen LogP contribution in [0.3, 0.4) is 0 Å². The summed E-state index contributed by atoms with van der Waals surface area (Å²) < 4.78 is 0. The third-order valence-electron chi connectivity index (χ3n) is 4.23. The van der Waals surface area contributed by atoms with Gasteiger partial charge in [0.15, 0.2) is 0 Å². The van der Waals surface area contributed by atoms with E-state index >= 15 is 0 Å². The van der Waals surface area contributed by atoms with Gasteiger partial charge in [-0.1, -0.05) is 52.8 Å². The van der Waals surface area contributed by atoms with Crippen molar-refractivity contribution in [1.29, 1.82) is 0 Å². The standard InChI is InChI=1S/C20H25N3O.H3N/c1-19(2,3)13-20(4,5)14-10-11-18(24)17(12-14)23-21-15-8-6-7-9-16(15)22-23;/h6-12,24H,13H2,1-5H3;1H3. The highest BCUT2D eigenvalue weighted by Gasteiger charge is 2.28. The number of nitrogens with zero attached hydrogens (tertiary/aromatic N) is 3. The minimum Gasteiger partial charge on any atom is -0.506 e. The highest BCUT2D eigenvalue weighted by atomic mass is 16.3. The summed E-state index contributed by atoms with van der Waals surface area (Å²) in [6, 6.07) is 13.4. The predicted octanol–water partition coefficient (Wildman–Crippen LogP) is 5.00. The Morgan fingerprint density at radius 2 is 1.48 bits per heavy atom. The number of phenols is 1. The van der Waals surface area contributed by atoms with Crippen LogP contribution in [-0.2, 0) is 5.41 Å². The van der Waals surface area contributed by atoms with E-state index in [0.717, 1.165) is 17.5 Å². The van der Waals surface area contributed by atoms with Gasteiger partial charge in [0.25, 0.3) is 0 Å². The monoisotopic (exact) mass is 340 g/mol. The van der Waals surface area contributed by atoms with E-state index in [9.17, 15) is 5.11 Å². The third-order valence-corrected chi connectivity index (χ3v) is 4.23. The lowest BCUT2D eigenvalue weighted by Gasteiger charge is -2.33. The number of hydrogen-bond acceptors (Lipinski definition) is 4. The first-order chi connectivity index (χ1) is 11.2. The van der Waals surface area contributed by atoms with Crippen molar-refractivity contribution in [3.63, 3.8) is 0 Å². The smallest absolute Gasteiger partial charge is 0.143 e. The molecule has 4 N–H and O–H groups in total. The topological polar surface area (TPSA) is 85.9 Å². The highest BCUT2D eigenvalue weighted by molar-refractivity contribution is 5.73. The van der Waals surface area contributed by atoms with Gasteiger partial charge in [0.2, 0.25) is 0 Å². The SMILES string of the molecule is CC(C)(C)CC(C)(C)c1ccc(O)c(-n2nc3ccccc3n2)c1.N. The van der Waals surface area contributed by atoms with Crippen LogP contribution >= 0.6 is 0 Å². The second-order valence-corrected chi connectivity index (χ2v) is 8.30. The van der Waals surface area contributed by atoms with Gasteiger partial charge < -0.3 is 11.3 Å². The summed E-state index contributed by atoms with van der Waals surface area (Å²) in [6.45, 7) is 11.2. The van der Waals surface area contributed by atoms with Gasteiger partial charge in [-0.3, -0.25) is 0 Å². The van der Waals surface area contributed by atoms with Crippen molar-refractivity contribution in [2.45, 2.75) is 46.5 Å². The van der Waals surface area contributed by atoms with Crippen molar-refractivity contribution >= 4 is 11.0 Å². The summed E-state index contributed by atoms with van der Waals surface area (Å²) in [6.07, 6.45) is 1.04. The lowest BCUT2D eigenvalue weighted by atomic mass is 9.72. The Hall–Kier alpha value is -2.40.